The second kappa shape index (κ2) is 4.71. The average molecular weight is 254 g/mol. The lowest BCUT2D eigenvalue weighted by molar-refractivity contribution is 0.0689. The normalized spacial score (nSPS) is 10.6. The smallest absolute Gasteiger partial charge is 0.356 e. The molecule has 4 nitrogen and oxygen atoms in total. The minimum atomic E-state index is -0.983. The molecule has 0 unspecified atom stereocenters. The number of carbonyl (C=O) groups is 1. The molecule has 0 radical (unpaired) electrons. The number of thioether (sulfide) groups is 1. The number of aromatic nitrogens is 2. The van der Waals surface area contributed by atoms with E-state index >= 15 is 0 Å². The minimum absolute atomic E-state index is 0.123. The number of nitrogens with zero attached hydrogens (tertiary/aromatic N) is 1. The molecule has 0 aliphatic carbocycles. The van der Waals surface area contributed by atoms with Gasteiger partial charge in [-0.3, -0.25) is 0 Å². The molecule has 84 valence electrons. The van der Waals surface area contributed by atoms with Crippen molar-refractivity contribution in [1.29, 1.82) is 0 Å². The summed E-state index contributed by atoms with van der Waals surface area (Å²) in [4.78, 5) is 19.2. The summed E-state index contributed by atoms with van der Waals surface area (Å²) in [6, 6.07) is 3.93. The van der Waals surface area contributed by atoms with Crippen molar-refractivity contribution in [2.24, 2.45) is 0 Å². The summed E-state index contributed by atoms with van der Waals surface area (Å²) in [5.41, 5.74) is 0.789. The highest BCUT2D eigenvalue weighted by molar-refractivity contribution is 7.98. The first-order chi connectivity index (χ1) is 7.70. The van der Waals surface area contributed by atoms with E-state index in [9.17, 15) is 4.79 Å². The molecule has 2 aromatic heterocycles. The zero-order valence-electron chi connectivity index (χ0n) is 8.56. The molecule has 0 bridgehead atoms. The van der Waals surface area contributed by atoms with Gasteiger partial charge >= 0.3 is 5.97 Å². The van der Waals surface area contributed by atoms with Crippen molar-refractivity contribution in [2.75, 3.05) is 6.26 Å². The number of H-pyrrole nitrogens is 1. The van der Waals surface area contributed by atoms with Crippen LogP contribution in [0.5, 0.6) is 0 Å². The fraction of sp³-hybridized carbons (Fsp3) is 0.200. The molecule has 0 aromatic carbocycles. The van der Waals surface area contributed by atoms with Gasteiger partial charge < -0.3 is 10.1 Å². The van der Waals surface area contributed by atoms with Gasteiger partial charge in [0.05, 0.1) is 5.69 Å². The number of thiophene rings is 1. The first-order valence-electron chi connectivity index (χ1n) is 4.59. The van der Waals surface area contributed by atoms with E-state index in [2.05, 4.69) is 9.97 Å². The second-order valence-electron chi connectivity index (χ2n) is 3.13. The molecule has 2 N–H and O–H groups in total. The maximum absolute atomic E-state index is 11.0. The number of hydrogen-bond donors (Lipinski definition) is 2. The number of hydrogen-bond acceptors (Lipinski definition) is 4. The van der Waals surface area contributed by atoms with Crippen molar-refractivity contribution in [2.45, 2.75) is 11.6 Å². The van der Waals surface area contributed by atoms with Crippen molar-refractivity contribution < 1.29 is 9.90 Å². The molecule has 0 saturated carbocycles. The van der Waals surface area contributed by atoms with E-state index in [0.29, 0.717) is 17.3 Å². The van der Waals surface area contributed by atoms with Crippen molar-refractivity contribution in [1.82, 2.24) is 9.97 Å². The fourth-order valence-electron chi connectivity index (χ4n) is 1.37. The molecule has 6 heteroatoms. The van der Waals surface area contributed by atoms with Crippen LogP contribution in [0.15, 0.2) is 22.7 Å². The first kappa shape index (κ1) is 11.2. The highest BCUT2D eigenvalue weighted by atomic mass is 32.2. The predicted octanol–water partition coefficient (Wildman–Crippen LogP) is 2.48. The lowest BCUT2D eigenvalue weighted by Gasteiger charge is -1.95. The van der Waals surface area contributed by atoms with E-state index in [-0.39, 0.29) is 5.69 Å². The van der Waals surface area contributed by atoms with Crippen molar-refractivity contribution >= 4 is 29.1 Å². The number of carboxylic acids is 1. The van der Waals surface area contributed by atoms with Crippen LogP contribution < -0.4 is 0 Å². The molecule has 2 heterocycles. The summed E-state index contributed by atoms with van der Waals surface area (Å²) in [7, 11) is 0. The Morgan fingerprint density at radius 1 is 1.69 bits per heavy atom. The standard InChI is InChI=1S/C10H10N2O2S2/c1-15-10-11-7(8(12-10)9(13)14)5-6-3-2-4-16-6/h2-4H,5H2,1H3,(H,11,12)(H,13,14). The lowest BCUT2D eigenvalue weighted by Crippen LogP contribution is -2.01. The highest BCUT2D eigenvalue weighted by Gasteiger charge is 2.16. The Hall–Kier alpha value is -1.27. The summed E-state index contributed by atoms with van der Waals surface area (Å²) in [5.74, 6) is -0.983. The van der Waals surface area contributed by atoms with Crippen LogP contribution in [0.4, 0.5) is 0 Å². The van der Waals surface area contributed by atoms with Crippen molar-refractivity contribution in [3.05, 3.63) is 33.8 Å². The molecule has 16 heavy (non-hydrogen) atoms. The van der Waals surface area contributed by atoms with E-state index in [1.54, 1.807) is 11.3 Å². The maximum atomic E-state index is 11.0. The molecule has 0 saturated heterocycles. The number of imidazole rings is 1. The lowest BCUT2D eigenvalue weighted by atomic mass is 10.2. The molecule has 0 fully saturated rings. The van der Waals surface area contributed by atoms with Gasteiger partial charge in [0.15, 0.2) is 10.9 Å². The third-order valence-corrected chi connectivity index (χ3v) is 3.54. The number of carboxylic acid groups (broad SMARTS) is 1. The molecule has 0 aliphatic rings. The SMILES string of the molecule is CSc1nc(C(=O)O)c(Cc2cccs2)[nH]1. The minimum Gasteiger partial charge on any atom is -0.476 e. The molecule has 0 aliphatic heterocycles. The number of nitrogens with one attached hydrogen (secondary N) is 1. The third-order valence-electron chi connectivity index (χ3n) is 2.08. The second-order valence-corrected chi connectivity index (χ2v) is 4.96. The zero-order chi connectivity index (χ0) is 11.5. The van der Waals surface area contributed by atoms with Gasteiger partial charge in [0.25, 0.3) is 0 Å². The van der Waals surface area contributed by atoms with E-state index < -0.39 is 5.97 Å². The van der Waals surface area contributed by atoms with Gasteiger partial charge in [-0.1, -0.05) is 17.8 Å². The Bertz CT molecular complexity index is 491. The number of aromatic amines is 1. The average Bonchev–Trinajstić information content (AvgIpc) is 2.87. The highest BCUT2D eigenvalue weighted by Crippen LogP contribution is 2.19. The van der Waals surface area contributed by atoms with Crippen LogP contribution >= 0.6 is 23.1 Å². The van der Waals surface area contributed by atoms with Crippen LogP contribution in [-0.4, -0.2) is 27.3 Å². The van der Waals surface area contributed by atoms with Crippen LogP contribution in [0.3, 0.4) is 0 Å². The number of rotatable bonds is 4. The Balaban J connectivity index is 2.31. The summed E-state index contributed by atoms with van der Waals surface area (Å²) < 4.78 is 0. The molecule has 0 spiro atoms. The largest absolute Gasteiger partial charge is 0.476 e. The van der Waals surface area contributed by atoms with E-state index in [4.69, 9.17) is 5.11 Å². The van der Waals surface area contributed by atoms with E-state index in [1.807, 2.05) is 23.8 Å². The molecular weight excluding hydrogens is 244 g/mol. The topological polar surface area (TPSA) is 66.0 Å². The Labute approximate surface area is 101 Å². The van der Waals surface area contributed by atoms with Crippen molar-refractivity contribution in [3.8, 4) is 0 Å². The van der Waals surface area contributed by atoms with Gasteiger partial charge in [0.2, 0.25) is 0 Å². The van der Waals surface area contributed by atoms with Crippen LogP contribution in [0.1, 0.15) is 21.1 Å². The maximum Gasteiger partial charge on any atom is 0.356 e. The quantitative estimate of drug-likeness (QED) is 0.823. The Kier molecular flexibility index (Phi) is 3.31. The first-order valence-corrected chi connectivity index (χ1v) is 6.69. The van der Waals surface area contributed by atoms with Gasteiger partial charge in [-0.2, -0.15) is 0 Å². The summed E-state index contributed by atoms with van der Waals surface area (Å²) >= 11 is 3.01. The van der Waals surface area contributed by atoms with E-state index in [1.165, 1.54) is 11.8 Å². The van der Waals surface area contributed by atoms with Crippen LogP contribution in [0.25, 0.3) is 0 Å². The van der Waals surface area contributed by atoms with Crippen LogP contribution in [-0.2, 0) is 6.42 Å². The fourth-order valence-corrected chi connectivity index (χ4v) is 2.50. The van der Waals surface area contributed by atoms with Crippen LogP contribution in [0, 0.1) is 0 Å². The van der Waals surface area contributed by atoms with E-state index in [0.717, 1.165) is 4.88 Å². The predicted molar refractivity (Wildman–Crippen MR) is 64.5 cm³/mol. The Morgan fingerprint density at radius 2 is 2.50 bits per heavy atom. The molecule has 0 atom stereocenters. The molecule has 2 rings (SSSR count). The Morgan fingerprint density at radius 3 is 3.06 bits per heavy atom. The third kappa shape index (κ3) is 2.28. The summed E-state index contributed by atoms with van der Waals surface area (Å²) in [5, 5.41) is 11.6. The molecular formula is C10H10N2O2S2. The van der Waals surface area contributed by atoms with Gasteiger partial charge in [-0.05, 0) is 17.7 Å². The molecule has 0 amide bonds. The van der Waals surface area contributed by atoms with Crippen molar-refractivity contribution in [3.63, 3.8) is 0 Å². The summed E-state index contributed by atoms with van der Waals surface area (Å²) in [6.07, 6.45) is 2.45. The van der Waals surface area contributed by atoms with Gasteiger partial charge in [-0.15, -0.1) is 11.3 Å². The van der Waals surface area contributed by atoms with Crippen LogP contribution in [0.2, 0.25) is 0 Å². The van der Waals surface area contributed by atoms with Gasteiger partial charge in [0.1, 0.15) is 0 Å². The number of aromatic carboxylic acids is 1. The zero-order valence-corrected chi connectivity index (χ0v) is 10.2. The monoisotopic (exact) mass is 254 g/mol. The molecule has 2 aromatic rings. The van der Waals surface area contributed by atoms with Gasteiger partial charge in [0, 0.05) is 11.3 Å². The van der Waals surface area contributed by atoms with Gasteiger partial charge in [-0.25, -0.2) is 9.78 Å². The summed E-state index contributed by atoms with van der Waals surface area (Å²) in [6.45, 7) is 0.